The lowest BCUT2D eigenvalue weighted by atomic mass is 9.98. The molecule has 0 aliphatic rings. The Morgan fingerprint density at radius 1 is 1.06 bits per heavy atom. The van der Waals surface area contributed by atoms with Crippen molar-refractivity contribution in [2.45, 2.75) is 20.8 Å². The van der Waals surface area contributed by atoms with Crippen LogP contribution >= 0.6 is 0 Å². The molecule has 0 radical (unpaired) electrons. The van der Waals surface area contributed by atoms with Crippen LogP contribution in [-0.4, -0.2) is 27.8 Å². The van der Waals surface area contributed by atoms with Crippen LogP contribution in [0.4, 0.5) is 4.39 Å². The number of halogens is 1. The molecule has 0 saturated carbocycles. The van der Waals surface area contributed by atoms with Gasteiger partial charge in [-0.2, -0.15) is 4.98 Å². The Morgan fingerprint density at radius 2 is 1.82 bits per heavy atom. The molecule has 4 rings (SSSR count). The molecule has 0 bridgehead atoms. The lowest BCUT2D eigenvalue weighted by Gasteiger charge is -2.15. The summed E-state index contributed by atoms with van der Waals surface area (Å²) in [6.45, 7) is 6.76. The molecule has 168 valence electrons. The van der Waals surface area contributed by atoms with Gasteiger partial charge in [-0.1, -0.05) is 43.3 Å². The van der Waals surface area contributed by atoms with E-state index in [0.717, 1.165) is 22.8 Å². The van der Waals surface area contributed by atoms with Crippen molar-refractivity contribution >= 4 is 5.97 Å². The second-order valence-electron chi connectivity index (χ2n) is 8.15. The van der Waals surface area contributed by atoms with Crippen molar-refractivity contribution in [3.63, 3.8) is 0 Å². The average Bonchev–Trinajstić information content (AvgIpc) is 3.28. The van der Waals surface area contributed by atoms with E-state index in [2.05, 4.69) is 37.0 Å². The third-order valence-corrected chi connectivity index (χ3v) is 5.12. The highest BCUT2D eigenvalue weighted by atomic mass is 19.1. The Bertz CT molecular complexity index is 1310. The molecule has 1 N–H and O–H groups in total. The van der Waals surface area contributed by atoms with E-state index in [1.165, 1.54) is 12.1 Å². The Balaban J connectivity index is 1.71. The van der Waals surface area contributed by atoms with Gasteiger partial charge in [0.25, 0.3) is 5.89 Å². The van der Waals surface area contributed by atoms with E-state index in [9.17, 15) is 9.18 Å². The SMILES string of the molecule is Cc1ccccc1-c1ccc(-c2nc(-c3ccc(C(=O)O)c(F)c3)no2)cc1OCC(C)C. The number of nitrogens with zero attached hydrogens (tertiary/aromatic N) is 2. The largest absolute Gasteiger partial charge is 0.493 e. The number of aromatic carboxylic acids is 1. The molecule has 0 unspecified atom stereocenters. The smallest absolute Gasteiger partial charge is 0.338 e. The highest BCUT2D eigenvalue weighted by Crippen LogP contribution is 2.36. The average molecular weight is 446 g/mol. The van der Waals surface area contributed by atoms with Gasteiger partial charge in [-0.05, 0) is 60.4 Å². The molecule has 0 spiro atoms. The Labute approximate surface area is 190 Å². The second kappa shape index (κ2) is 9.24. The summed E-state index contributed by atoms with van der Waals surface area (Å²) in [5, 5.41) is 12.9. The quantitative estimate of drug-likeness (QED) is 0.361. The van der Waals surface area contributed by atoms with Gasteiger partial charge in [0.15, 0.2) is 0 Å². The first-order valence-electron chi connectivity index (χ1n) is 10.5. The maximum Gasteiger partial charge on any atom is 0.338 e. The molecule has 0 atom stereocenters. The van der Waals surface area contributed by atoms with Crippen molar-refractivity contribution in [3.05, 3.63) is 77.6 Å². The van der Waals surface area contributed by atoms with Crippen molar-refractivity contribution in [3.8, 4) is 39.7 Å². The predicted octanol–water partition coefficient (Wildman–Crippen LogP) is 6.25. The van der Waals surface area contributed by atoms with E-state index in [-0.39, 0.29) is 11.7 Å². The van der Waals surface area contributed by atoms with Gasteiger partial charge in [0.1, 0.15) is 11.6 Å². The number of aryl methyl sites for hydroxylation is 1. The summed E-state index contributed by atoms with van der Waals surface area (Å²) in [4.78, 5) is 15.4. The van der Waals surface area contributed by atoms with E-state index in [0.29, 0.717) is 29.4 Å². The summed E-state index contributed by atoms with van der Waals surface area (Å²) in [6.07, 6.45) is 0. The molecule has 3 aromatic carbocycles. The van der Waals surface area contributed by atoms with Crippen LogP contribution < -0.4 is 4.74 Å². The van der Waals surface area contributed by atoms with Crippen LogP contribution in [-0.2, 0) is 0 Å². The summed E-state index contributed by atoms with van der Waals surface area (Å²) < 4.78 is 25.6. The fourth-order valence-corrected chi connectivity index (χ4v) is 3.41. The summed E-state index contributed by atoms with van der Waals surface area (Å²) in [7, 11) is 0. The Morgan fingerprint density at radius 3 is 2.52 bits per heavy atom. The minimum atomic E-state index is -1.34. The van der Waals surface area contributed by atoms with Gasteiger partial charge >= 0.3 is 5.97 Å². The first-order valence-corrected chi connectivity index (χ1v) is 10.5. The number of aromatic nitrogens is 2. The maximum absolute atomic E-state index is 14.1. The summed E-state index contributed by atoms with van der Waals surface area (Å²) in [6, 6.07) is 17.5. The number of carbonyl (C=O) groups is 1. The van der Waals surface area contributed by atoms with Crippen molar-refractivity contribution in [1.82, 2.24) is 10.1 Å². The van der Waals surface area contributed by atoms with Gasteiger partial charge in [-0.3, -0.25) is 0 Å². The van der Waals surface area contributed by atoms with Crippen molar-refractivity contribution in [2.24, 2.45) is 5.92 Å². The van der Waals surface area contributed by atoms with Crippen LogP contribution in [0.5, 0.6) is 5.75 Å². The molecule has 1 aromatic heterocycles. The van der Waals surface area contributed by atoms with Crippen LogP contribution in [0, 0.1) is 18.7 Å². The number of hydrogen-bond acceptors (Lipinski definition) is 5. The second-order valence-corrected chi connectivity index (χ2v) is 8.15. The zero-order chi connectivity index (χ0) is 23.5. The van der Waals surface area contributed by atoms with E-state index in [1.807, 2.05) is 36.4 Å². The maximum atomic E-state index is 14.1. The van der Waals surface area contributed by atoms with Crippen LogP contribution in [0.1, 0.15) is 29.8 Å². The first kappa shape index (κ1) is 22.2. The fraction of sp³-hybridized carbons (Fsp3) is 0.192. The van der Waals surface area contributed by atoms with Gasteiger partial charge in [0, 0.05) is 16.7 Å². The van der Waals surface area contributed by atoms with E-state index in [4.69, 9.17) is 14.4 Å². The highest BCUT2D eigenvalue weighted by Gasteiger charge is 2.17. The van der Waals surface area contributed by atoms with E-state index < -0.39 is 17.3 Å². The van der Waals surface area contributed by atoms with Crippen LogP contribution in [0.15, 0.2) is 65.2 Å². The zero-order valence-corrected chi connectivity index (χ0v) is 18.5. The molecule has 4 aromatic rings. The lowest BCUT2D eigenvalue weighted by molar-refractivity contribution is 0.0692. The summed E-state index contributed by atoms with van der Waals surface area (Å²) in [5.41, 5.74) is 3.73. The predicted molar refractivity (Wildman–Crippen MR) is 123 cm³/mol. The lowest BCUT2D eigenvalue weighted by Crippen LogP contribution is -2.05. The third kappa shape index (κ3) is 4.77. The normalized spacial score (nSPS) is 11.1. The zero-order valence-electron chi connectivity index (χ0n) is 18.5. The fourth-order valence-electron chi connectivity index (χ4n) is 3.41. The van der Waals surface area contributed by atoms with Gasteiger partial charge in [-0.25, -0.2) is 9.18 Å². The van der Waals surface area contributed by atoms with Gasteiger partial charge < -0.3 is 14.4 Å². The summed E-state index contributed by atoms with van der Waals surface area (Å²) in [5.74, 6) is -0.745. The number of carboxylic acid groups (broad SMARTS) is 1. The molecule has 6 nitrogen and oxygen atoms in total. The molecular weight excluding hydrogens is 423 g/mol. The number of carboxylic acids is 1. The monoisotopic (exact) mass is 446 g/mol. The topological polar surface area (TPSA) is 85.5 Å². The molecule has 7 heteroatoms. The summed E-state index contributed by atoms with van der Waals surface area (Å²) >= 11 is 0. The third-order valence-electron chi connectivity index (χ3n) is 5.12. The number of ether oxygens (including phenoxy) is 1. The van der Waals surface area contributed by atoms with Crippen molar-refractivity contribution in [1.29, 1.82) is 0 Å². The number of benzene rings is 3. The standard InChI is InChI=1S/C26H23FN2O4/c1-15(2)14-32-23-13-18(9-10-20(23)19-7-5-4-6-16(19)3)25-28-24(29-33-25)17-8-11-21(26(30)31)22(27)12-17/h4-13,15H,14H2,1-3H3,(H,30,31). The minimum absolute atomic E-state index is 0.161. The molecule has 0 fully saturated rings. The molecule has 1 heterocycles. The molecule has 0 saturated heterocycles. The molecule has 0 aliphatic heterocycles. The molecule has 0 amide bonds. The van der Waals surface area contributed by atoms with Crippen LogP contribution in [0.25, 0.3) is 34.0 Å². The Hall–Kier alpha value is -4.00. The number of rotatable bonds is 7. The molecule has 33 heavy (non-hydrogen) atoms. The van der Waals surface area contributed by atoms with E-state index >= 15 is 0 Å². The molecule has 0 aliphatic carbocycles. The van der Waals surface area contributed by atoms with Crippen molar-refractivity contribution in [2.75, 3.05) is 6.61 Å². The highest BCUT2D eigenvalue weighted by molar-refractivity contribution is 5.88. The van der Waals surface area contributed by atoms with Crippen LogP contribution in [0.2, 0.25) is 0 Å². The first-order chi connectivity index (χ1) is 15.8. The van der Waals surface area contributed by atoms with Crippen molar-refractivity contribution < 1.29 is 23.6 Å². The minimum Gasteiger partial charge on any atom is -0.493 e. The van der Waals surface area contributed by atoms with Gasteiger partial charge in [0.05, 0.1) is 12.2 Å². The van der Waals surface area contributed by atoms with Gasteiger partial charge in [0.2, 0.25) is 5.82 Å². The van der Waals surface area contributed by atoms with Crippen LogP contribution in [0.3, 0.4) is 0 Å². The Kier molecular flexibility index (Phi) is 6.22. The molecular formula is C26H23FN2O4. The number of hydrogen-bond donors (Lipinski definition) is 1. The van der Waals surface area contributed by atoms with E-state index in [1.54, 1.807) is 0 Å². The van der Waals surface area contributed by atoms with Gasteiger partial charge in [-0.15, -0.1) is 0 Å².